The summed E-state index contributed by atoms with van der Waals surface area (Å²) in [5, 5.41) is 12.6. The predicted octanol–water partition coefficient (Wildman–Crippen LogP) is 2.94. The Kier molecular flexibility index (Phi) is 4.87. The van der Waals surface area contributed by atoms with Gasteiger partial charge < -0.3 is 10.4 Å². The lowest BCUT2D eigenvalue weighted by molar-refractivity contribution is -0.123. The zero-order chi connectivity index (χ0) is 14.5. The quantitative estimate of drug-likeness (QED) is 0.890. The van der Waals surface area contributed by atoms with Gasteiger partial charge in [-0.3, -0.25) is 4.79 Å². The number of aliphatic hydroxyl groups is 1. The van der Waals surface area contributed by atoms with Crippen LogP contribution < -0.4 is 5.32 Å². The summed E-state index contributed by atoms with van der Waals surface area (Å²) >= 11 is 1.62. The number of carbonyl (C=O) groups excluding carboxylic acids is 1. The molecule has 2 aromatic rings. The maximum atomic E-state index is 13.0. The van der Waals surface area contributed by atoms with Crippen LogP contribution in [0.5, 0.6) is 0 Å². The standard InChI is InChI=1S/C15H16FNO2S/c1-10-5-6-13(20-10)9-17-15(19)8-14(18)11-3-2-4-12(16)7-11/h2-7,14,18H,8-9H2,1H3,(H,17,19). The van der Waals surface area contributed by atoms with Gasteiger partial charge in [0.05, 0.1) is 19.1 Å². The van der Waals surface area contributed by atoms with Crippen LogP contribution in [-0.4, -0.2) is 11.0 Å². The van der Waals surface area contributed by atoms with Gasteiger partial charge in [-0.1, -0.05) is 12.1 Å². The fraction of sp³-hybridized carbons (Fsp3) is 0.267. The number of aryl methyl sites for hydroxylation is 1. The van der Waals surface area contributed by atoms with E-state index in [9.17, 15) is 14.3 Å². The Morgan fingerprint density at radius 2 is 2.20 bits per heavy atom. The van der Waals surface area contributed by atoms with E-state index in [1.807, 2.05) is 19.1 Å². The van der Waals surface area contributed by atoms with Crippen LogP contribution in [0.3, 0.4) is 0 Å². The molecule has 1 amide bonds. The van der Waals surface area contributed by atoms with Crippen molar-refractivity contribution in [2.75, 3.05) is 0 Å². The third-order valence-corrected chi connectivity index (χ3v) is 3.87. The molecule has 0 fully saturated rings. The number of halogens is 1. The summed E-state index contributed by atoms with van der Waals surface area (Å²) < 4.78 is 13.0. The highest BCUT2D eigenvalue weighted by Crippen LogP contribution is 2.18. The number of hydrogen-bond acceptors (Lipinski definition) is 3. The van der Waals surface area contributed by atoms with Gasteiger partial charge in [0, 0.05) is 9.75 Å². The first-order valence-corrected chi connectivity index (χ1v) is 7.12. The second kappa shape index (κ2) is 6.63. The molecular formula is C15H16FNO2S. The predicted molar refractivity (Wildman–Crippen MR) is 76.9 cm³/mol. The Balaban J connectivity index is 1.85. The molecule has 0 saturated heterocycles. The Labute approximate surface area is 121 Å². The van der Waals surface area contributed by atoms with Gasteiger partial charge in [-0.25, -0.2) is 4.39 Å². The molecule has 1 heterocycles. The van der Waals surface area contributed by atoms with E-state index in [1.165, 1.54) is 23.1 Å². The number of amides is 1. The van der Waals surface area contributed by atoms with Gasteiger partial charge in [0.25, 0.3) is 0 Å². The zero-order valence-corrected chi connectivity index (χ0v) is 11.9. The highest BCUT2D eigenvalue weighted by atomic mass is 32.1. The number of thiophene rings is 1. The molecule has 0 saturated carbocycles. The molecule has 3 nitrogen and oxygen atoms in total. The second-order valence-corrected chi connectivity index (χ2v) is 5.94. The van der Waals surface area contributed by atoms with Crippen molar-refractivity contribution in [2.45, 2.75) is 26.0 Å². The van der Waals surface area contributed by atoms with Gasteiger partial charge in [0.2, 0.25) is 5.91 Å². The molecular weight excluding hydrogens is 277 g/mol. The Morgan fingerprint density at radius 3 is 2.85 bits per heavy atom. The summed E-state index contributed by atoms with van der Waals surface area (Å²) in [7, 11) is 0. The average Bonchev–Trinajstić information content (AvgIpc) is 2.82. The van der Waals surface area contributed by atoms with Crippen molar-refractivity contribution in [3.05, 3.63) is 57.5 Å². The summed E-state index contributed by atoms with van der Waals surface area (Å²) in [6.45, 7) is 2.46. The van der Waals surface area contributed by atoms with Crippen molar-refractivity contribution in [1.82, 2.24) is 5.32 Å². The van der Waals surface area contributed by atoms with E-state index in [1.54, 1.807) is 17.4 Å². The number of rotatable bonds is 5. The molecule has 0 bridgehead atoms. The molecule has 2 N–H and O–H groups in total. The molecule has 1 aromatic heterocycles. The number of aliphatic hydroxyl groups excluding tert-OH is 1. The van der Waals surface area contributed by atoms with Gasteiger partial charge in [0.15, 0.2) is 0 Å². The normalized spacial score (nSPS) is 12.2. The van der Waals surface area contributed by atoms with Crippen LogP contribution in [0.4, 0.5) is 4.39 Å². The highest BCUT2D eigenvalue weighted by Gasteiger charge is 2.13. The minimum Gasteiger partial charge on any atom is -0.388 e. The van der Waals surface area contributed by atoms with Crippen molar-refractivity contribution < 1.29 is 14.3 Å². The molecule has 106 valence electrons. The molecule has 0 aliphatic rings. The summed E-state index contributed by atoms with van der Waals surface area (Å²) in [6.07, 6.45) is -1.07. The van der Waals surface area contributed by atoms with Crippen LogP contribution in [-0.2, 0) is 11.3 Å². The SMILES string of the molecule is Cc1ccc(CNC(=O)CC(O)c2cccc(F)c2)s1. The fourth-order valence-electron chi connectivity index (χ4n) is 1.85. The van der Waals surface area contributed by atoms with Gasteiger partial charge in [0.1, 0.15) is 5.82 Å². The minimum atomic E-state index is -0.990. The van der Waals surface area contributed by atoms with E-state index in [4.69, 9.17) is 0 Å². The summed E-state index contributed by atoms with van der Waals surface area (Å²) in [4.78, 5) is 14.0. The molecule has 0 aliphatic carbocycles. The molecule has 0 aliphatic heterocycles. The topological polar surface area (TPSA) is 49.3 Å². The van der Waals surface area contributed by atoms with Gasteiger partial charge in [-0.05, 0) is 36.8 Å². The average molecular weight is 293 g/mol. The molecule has 1 unspecified atom stereocenters. The van der Waals surface area contributed by atoms with E-state index in [0.29, 0.717) is 12.1 Å². The lowest BCUT2D eigenvalue weighted by Gasteiger charge is -2.11. The van der Waals surface area contributed by atoms with Crippen molar-refractivity contribution in [3.8, 4) is 0 Å². The molecule has 0 spiro atoms. The number of hydrogen-bond donors (Lipinski definition) is 2. The number of carbonyl (C=O) groups is 1. The van der Waals surface area contributed by atoms with Gasteiger partial charge in [-0.2, -0.15) is 0 Å². The highest BCUT2D eigenvalue weighted by molar-refractivity contribution is 7.11. The Hall–Kier alpha value is -1.72. The number of benzene rings is 1. The zero-order valence-electron chi connectivity index (χ0n) is 11.1. The van der Waals surface area contributed by atoms with Crippen molar-refractivity contribution in [1.29, 1.82) is 0 Å². The van der Waals surface area contributed by atoms with Crippen LogP contribution in [0.25, 0.3) is 0 Å². The maximum Gasteiger partial charge on any atom is 0.223 e. The molecule has 2 rings (SSSR count). The van der Waals surface area contributed by atoms with Gasteiger partial charge in [-0.15, -0.1) is 11.3 Å². The van der Waals surface area contributed by atoms with E-state index >= 15 is 0 Å². The Bertz CT molecular complexity index is 597. The van der Waals surface area contributed by atoms with Crippen LogP contribution >= 0.6 is 11.3 Å². The van der Waals surface area contributed by atoms with E-state index in [2.05, 4.69) is 5.32 Å². The van der Waals surface area contributed by atoms with E-state index in [-0.39, 0.29) is 12.3 Å². The smallest absolute Gasteiger partial charge is 0.223 e. The number of nitrogens with one attached hydrogen (secondary N) is 1. The maximum absolute atomic E-state index is 13.0. The molecule has 1 aromatic carbocycles. The first kappa shape index (κ1) is 14.7. The van der Waals surface area contributed by atoms with Gasteiger partial charge >= 0.3 is 0 Å². The molecule has 5 heteroatoms. The van der Waals surface area contributed by atoms with E-state index in [0.717, 1.165) is 4.88 Å². The molecule has 1 atom stereocenters. The van der Waals surface area contributed by atoms with Crippen LogP contribution in [0.15, 0.2) is 36.4 Å². The summed E-state index contributed by atoms with van der Waals surface area (Å²) in [5.74, 6) is -0.677. The molecule has 0 radical (unpaired) electrons. The fourth-order valence-corrected chi connectivity index (χ4v) is 2.68. The largest absolute Gasteiger partial charge is 0.388 e. The van der Waals surface area contributed by atoms with Crippen LogP contribution in [0.2, 0.25) is 0 Å². The van der Waals surface area contributed by atoms with E-state index < -0.39 is 11.9 Å². The van der Waals surface area contributed by atoms with Crippen LogP contribution in [0.1, 0.15) is 27.8 Å². The lowest BCUT2D eigenvalue weighted by atomic mass is 10.1. The first-order chi connectivity index (χ1) is 9.54. The summed E-state index contributed by atoms with van der Waals surface area (Å²) in [5.41, 5.74) is 0.409. The van der Waals surface area contributed by atoms with Crippen molar-refractivity contribution in [3.63, 3.8) is 0 Å². The van der Waals surface area contributed by atoms with Crippen molar-refractivity contribution >= 4 is 17.2 Å². The lowest BCUT2D eigenvalue weighted by Crippen LogP contribution is -2.24. The molecule has 20 heavy (non-hydrogen) atoms. The monoisotopic (exact) mass is 293 g/mol. The summed E-state index contributed by atoms with van der Waals surface area (Å²) in [6, 6.07) is 9.61. The van der Waals surface area contributed by atoms with Crippen LogP contribution in [0, 0.1) is 12.7 Å². The minimum absolute atomic E-state index is 0.0756. The third kappa shape index (κ3) is 4.15. The first-order valence-electron chi connectivity index (χ1n) is 6.30. The van der Waals surface area contributed by atoms with Crippen molar-refractivity contribution in [2.24, 2.45) is 0 Å². The third-order valence-electron chi connectivity index (χ3n) is 2.87. The Morgan fingerprint density at radius 1 is 1.40 bits per heavy atom. The second-order valence-electron chi connectivity index (χ2n) is 4.56.